The Kier molecular flexibility index (Phi) is 47.9. The number of rotatable bonds is 45. The first kappa shape index (κ1) is 56.6. The van der Waals surface area contributed by atoms with E-state index in [2.05, 4.69) is 104 Å². The molecule has 4 nitrogen and oxygen atoms in total. The van der Waals surface area contributed by atoms with Gasteiger partial charge in [-0.15, -0.1) is 0 Å². The Labute approximate surface area is 367 Å². The molecular formula is C55H97NO3. The lowest BCUT2D eigenvalue weighted by molar-refractivity contribution is -0.123. The summed E-state index contributed by atoms with van der Waals surface area (Å²) in [5.41, 5.74) is 0. The second-order valence-corrected chi connectivity index (χ2v) is 16.9. The number of amides is 1. The van der Waals surface area contributed by atoms with Gasteiger partial charge in [-0.3, -0.25) is 4.79 Å². The molecule has 3 N–H and O–H groups in total. The number of hydrogen-bond donors (Lipinski definition) is 3. The van der Waals surface area contributed by atoms with Crippen LogP contribution in [0, 0.1) is 0 Å². The summed E-state index contributed by atoms with van der Waals surface area (Å²) in [5, 5.41) is 23.1. The Morgan fingerprint density at radius 3 is 1.12 bits per heavy atom. The maximum Gasteiger partial charge on any atom is 0.220 e. The molecule has 2 unspecified atom stereocenters. The standard InChI is InChI=1S/C55H97NO3/c1-3-5-7-9-11-13-15-16-17-18-19-20-21-22-23-24-25-26-27-28-29-30-31-32-33-34-35-36-37-38-39-40-41-43-45-47-49-51-55(59)56-53(52-57)54(58)50-48-46-44-42-14-12-10-8-6-4-2/h5,7,11,13,16-17,19-20,22-23,25-26,28-29,53-54,57-58H,3-4,6,8-10,12,14-15,18,21,24,27,30-52H2,1-2H3,(H,56,59)/b7-5-,13-11-,17-16-,20-19-,23-22-,26-25-,29-28-. The van der Waals surface area contributed by atoms with Gasteiger partial charge in [0, 0.05) is 6.42 Å². The summed E-state index contributed by atoms with van der Waals surface area (Å²) in [5.74, 6) is -0.0354. The van der Waals surface area contributed by atoms with Gasteiger partial charge >= 0.3 is 0 Å². The van der Waals surface area contributed by atoms with Gasteiger partial charge in [-0.05, 0) is 70.6 Å². The van der Waals surface area contributed by atoms with Crippen LogP contribution in [0.15, 0.2) is 85.1 Å². The molecule has 1 amide bonds. The molecule has 4 heteroatoms. The molecule has 0 aromatic carbocycles. The van der Waals surface area contributed by atoms with E-state index in [0.29, 0.717) is 12.8 Å². The number of unbranched alkanes of at least 4 members (excludes halogenated alkanes) is 24. The van der Waals surface area contributed by atoms with Crippen LogP contribution >= 0.6 is 0 Å². The Morgan fingerprint density at radius 1 is 0.424 bits per heavy atom. The van der Waals surface area contributed by atoms with Gasteiger partial charge in [-0.25, -0.2) is 0 Å². The summed E-state index contributed by atoms with van der Waals surface area (Å²) >= 11 is 0. The third-order valence-corrected chi connectivity index (χ3v) is 11.2. The van der Waals surface area contributed by atoms with Crippen molar-refractivity contribution < 1.29 is 15.0 Å². The van der Waals surface area contributed by atoms with E-state index in [1.807, 2.05) is 0 Å². The molecule has 0 radical (unpaired) electrons. The molecule has 0 saturated heterocycles. The van der Waals surface area contributed by atoms with E-state index in [1.165, 1.54) is 141 Å². The van der Waals surface area contributed by atoms with Crippen LogP contribution in [0.5, 0.6) is 0 Å². The van der Waals surface area contributed by atoms with Crippen LogP contribution in [0.4, 0.5) is 0 Å². The lowest BCUT2D eigenvalue weighted by Crippen LogP contribution is -2.45. The van der Waals surface area contributed by atoms with Crippen molar-refractivity contribution in [3.63, 3.8) is 0 Å². The molecule has 0 saturated carbocycles. The summed E-state index contributed by atoms with van der Waals surface area (Å²) in [7, 11) is 0. The summed E-state index contributed by atoms with van der Waals surface area (Å²) < 4.78 is 0. The minimum Gasteiger partial charge on any atom is -0.394 e. The minimum absolute atomic E-state index is 0.0354. The van der Waals surface area contributed by atoms with Crippen molar-refractivity contribution in [2.24, 2.45) is 0 Å². The van der Waals surface area contributed by atoms with Gasteiger partial charge in [0.25, 0.3) is 0 Å². The molecule has 0 aliphatic rings. The molecule has 0 spiro atoms. The monoisotopic (exact) mass is 820 g/mol. The van der Waals surface area contributed by atoms with E-state index in [9.17, 15) is 15.0 Å². The summed E-state index contributed by atoms with van der Waals surface area (Å²) in [6, 6.07) is -0.537. The van der Waals surface area contributed by atoms with E-state index in [4.69, 9.17) is 0 Å². The van der Waals surface area contributed by atoms with Gasteiger partial charge in [-0.1, -0.05) is 247 Å². The van der Waals surface area contributed by atoms with Gasteiger partial charge in [-0.2, -0.15) is 0 Å². The molecule has 0 aliphatic carbocycles. The smallest absolute Gasteiger partial charge is 0.220 e. The van der Waals surface area contributed by atoms with Crippen LogP contribution in [0.25, 0.3) is 0 Å². The van der Waals surface area contributed by atoms with Gasteiger partial charge in [0.2, 0.25) is 5.91 Å². The van der Waals surface area contributed by atoms with Crippen molar-refractivity contribution >= 4 is 5.91 Å². The fraction of sp³-hybridized carbons (Fsp3) is 0.727. The number of aliphatic hydroxyl groups is 2. The summed E-state index contributed by atoms with van der Waals surface area (Å²) in [6.07, 6.45) is 72.7. The fourth-order valence-corrected chi connectivity index (χ4v) is 7.34. The van der Waals surface area contributed by atoms with Crippen molar-refractivity contribution in [3.8, 4) is 0 Å². The lowest BCUT2D eigenvalue weighted by Gasteiger charge is -2.22. The average Bonchev–Trinajstić information content (AvgIpc) is 3.24. The normalized spacial score (nSPS) is 13.6. The van der Waals surface area contributed by atoms with E-state index in [1.54, 1.807) is 0 Å². The Balaban J connectivity index is 3.48. The Bertz CT molecular complexity index is 1070. The first-order valence-electron chi connectivity index (χ1n) is 25.3. The molecule has 0 aromatic rings. The maximum atomic E-state index is 12.4. The molecule has 0 bridgehead atoms. The van der Waals surface area contributed by atoms with Crippen LogP contribution in [0.1, 0.15) is 239 Å². The first-order valence-corrected chi connectivity index (χ1v) is 25.3. The van der Waals surface area contributed by atoms with E-state index < -0.39 is 12.1 Å². The fourth-order valence-electron chi connectivity index (χ4n) is 7.34. The summed E-state index contributed by atoms with van der Waals surface area (Å²) in [4.78, 5) is 12.4. The third-order valence-electron chi connectivity index (χ3n) is 11.2. The number of allylic oxidation sites excluding steroid dienone is 14. The number of carbonyl (C=O) groups excluding carboxylic acids is 1. The van der Waals surface area contributed by atoms with E-state index in [-0.39, 0.29) is 12.5 Å². The highest BCUT2D eigenvalue weighted by atomic mass is 16.3. The highest BCUT2D eigenvalue weighted by Crippen LogP contribution is 2.16. The van der Waals surface area contributed by atoms with Gasteiger partial charge in [0.15, 0.2) is 0 Å². The SMILES string of the molecule is CC/C=C\C/C=C\C/C=C\C/C=C\C/C=C\C/C=C\C/C=C\CCCCCCCCCCCCCCCCCC(=O)NC(CO)C(O)CCCCCCCCCCCC. The van der Waals surface area contributed by atoms with E-state index in [0.717, 1.165) is 70.6 Å². The van der Waals surface area contributed by atoms with Crippen LogP contribution in [0.3, 0.4) is 0 Å². The zero-order chi connectivity index (χ0) is 42.8. The largest absolute Gasteiger partial charge is 0.394 e. The zero-order valence-corrected chi connectivity index (χ0v) is 39.0. The molecule has 59 heavy (non-hydrogen) atoms. The van der Waals surface area contributed by atoms with Crippen LogP contribution in [0.2, 0.25) is 0 Å². The predicted molar refractivity (Wildman–Crippen MR) is 262 cm³/mol. The second kappa shape index (κ2) is 49.9. The molecule has 0 aliphatic heterocycles. The average molecular weight is 820 g/mol. The lowest BCUT2D eigenvalue weighted by atomic mass is 10.0. The van der Waals surface area contributed by atoms with Crippen molar-refractivity contribution in [2.45, 2.75) is 251 Å². The number of hydrogen-bond acceptors (Lipinski definition) is 3. The highest BCUT2D eigenvalue weighted by molar-refractivity contribution is 5.76. The molecule has 0 fully saturated rings. The number of nitrogens with one attached hydrogen (secondary N) is 1. The first-order chi connectivity index (χ1) is 29.2. The second-order valence-electron chi connectivity index (χ2n) is 16.9. The predicted octanol–water partition coefficient (Wildman–Crippen LogP) is 16.4. The molecule has 340 valence electrons. The van der Waals surface area contributed by atoms with Crippen LogP contribution in [-0.4, -0.2) is 34.9 Å². The number of carbonyl (C=O) groups is 1. The summed E-state index contributed by atoms with van der Waals surface area (Å²) in [6.45, 7) is 4.23. The minimum atomic E-state index is -0.660. The van der Waals surface area contributed by atoms with Crippen molar-refractivity contribution in [2.75, 3.05) is 6.61 Å². The topological polar surface area (TPSA) is 69.6 Å². The quantitative estimate of drug-likeness (QED) is 0.0423. The zero-order valence-electron chi connectivity index (χ0n) is 39.0. The third kappa shape index (κ3) is 46.5. The van der Waals surface area contributed by atoms with Gasteiger partial charge < -0.3 is 15.5 Å². The molecule has 0 rings (SSSR count). The van der Waals surface area contributed by atoms with Crippen LogP contribution < -0.4 is 5.32 Å². The Morgan fingerprint density at radius 2 is 0.746 bits per heavy atom. The van der Waals surface area contributed by atoms with Gasteiger partial charge in [0.1, 0.15) is 0 Å². The van der Waals surface area contributed by atoms with Crippen molar-refractivity contribution in [1.82, 2.24) is 5.32 Å². The maximum absolute atomic E-state index is 12.4. The molecule has 2 atom stereocenters. The molecule has 0 aromatic heterocycles. The highest BCUT2D eigenvalue weighted by Gasteiger charge is 2.20. The number of aliphatic hydroxyl groups excluding tert-OH is 2. The van der Waals surface area contributed by atoms with Crippen molar-refractivity contribution in [3.05, 3.63) is 85.1 Å². The molecule has 0 heterocycles. The Hall–Kier alpha value is -2.43. The van der Waals surface area contributed by atoms with Crippen LogP contribution in [-0.2, 0) is 4.79 Å². The van der Waals surface area contributed by atoms with Gasteiger partial charge in [0.05, 0.1) is 18.8 Å². The van der Waals surface area contributed by atoms with Crippen molar-refractivity contribution in [1.29, 1.82) is 0 Å². The molecular weight excluding hydrogens is 723 g/mol. The van der Waals surface area contributed by atoms with E-state index >= 15 is 0 Å².